The molecule has 1 aromatic rings. The fourth-order valence-corrected chi connectivity index (χ4v) is 1.60. The van der Waals surface area contributed by atoms with Gasteiger partial charge in [-0.3, -0.25) is 0 Å². The summed E-state index contributed by atoms with van der Waals surface area (Å²) in [6.07, 6.45) is 3.69. The molecule has 0 bridgehead atoms. The molecule has 0 radical (unpaired) electrons. The molecule has 0 aliphatic rings. The van der Waals surface area contributed by atoms with Crippen LogP contribution in [0.4, 0.5) is 4.39 Å². The van der Waals surface area contributed by atoms with Gasteiger partial charge in [-0.25, -0.2) is 4.39 Å². The Morgan fingerprint density at radius 2 is 1.85 bits per heavy atom. The molecule has 0 aliphatic carbocycles. The fourth-order valence-electron chi connectivity index (χ4n) is 1.27. The van der Waals surface area contributed by atoms with Crippen LogP contribution in [0.25, 0.3) is 0 Å². The number of alkyl halides is 2. The van der Waals surface area contributed by atoms with Gasteiger partial charge in [-0.1, -0.05) is 46.3 Å². The highest BCUT2D eigenvalue weighted by Gasteiger charge is 1.99. The van der Waals surface area contributed by atoms with Gasteiger partial charge in [0, 0.05) is 0 Å². The standard InChI is InChI=1S/C11H14BrF/c12-11(13)9-5-4-8-10-6-2-1-3-7-10/h1-3,6-7,11H,4-5,8-9H2/t11-/m0/s1. The van der Waals surface area contributed by atoms with Crippen molar-refractivity contribution in [3.63, 3.8) is 0 Å². The van der Waals surface area contributed by atoms with Crippen LogP contribution in [0, 0.1) is 0 Å². The van der Waals surface area contributed by atoms with Crippen molar-refractivity contribution in [3.8, 4) is 0 Å². The van der Waals surface area contributed by atoms with Gasteiger partial charge in [-0.15, -0.1) is 0 Å². The van der Waals surface area contributed by atoms with Crippen molar-refractivity contribution < 1.29 is 4.39 Å². The smallest absolute Gasteiger partial charge is 0.154 e. The van der Waals surface area contributed by atoms with Crippen molar-refractivity contribution in [2.24, 2.45) is 0 Å². The van der Waals surface area contributed by atoms with Crippen LogP contribution in [0.15, 0.2) is 30.3 Å². The maximum Gasteiger partial charge on any atom is 0.154 e. The Morgan fingerprint density at radius 1 is 1.15 bits per heavy atom. The largest absolute Gasteiger partial charge is 0.235 e. The molecule has 0 fully saturated rings. The molecule has 0 N–H and O–H groups in total. The Hall–Kier alpha value is -0.370. The Bertz CT molecular complexity index is 221. The first-order valence-corrected chi connectivity index (χ1v) is 5.52. The zero-order chi connectivity index (χ0) is 9.52. The van der Waals surface area contributed by atoms with E-state index in [1.807, 2.05) is 18.2 Å². The van der Waals surface area contributed by atoms with E-state index in [0.717, 1.165) is 19.3 Å². The minimum Gasteiger partial charge on any atom is -0.235 e. The van der Waals surface area contributed by atoms with Crippen LogP contribution in [-0.2, 0) is 6.42 Å². The van der Waals surface area contributed by atoms with Gasteiger partial charge in [0.05, 0.1) is 0 Å². The van der Waals surface area contributed by atoms with Crippen molar-refractivity contribution in [1.82, 2.24) is 0 Å². The van der Waals surface area contributed by atoms with E-state index in [9.17, 15) is 4.39 Å². The molecule has 0 saturated heterocycles. The second kappa shape index (κ2) is 6.14. The molecule has 0 aromatic heterocycles. The van der Waals surface area contributed by atoms with Gasteiger partial charge in [-0.05, 0) is 31.2 Å². The second-order valence-corrected chi connectivity index (χ2v) is 4.12. The lowest BCUT2D eigenvalue weighted by atomic mass is 10.1. The minimum atomic E-state index is -0.830. The topological polar surface area (TPSA) is 0 Å². The Labute approximate surface area is 87.3 Å². The first-order chi connectivity index (χ1) is 6.29. The van der Waals surface area contributed by atoms with Crippen molar-refractivity contribution in [3.05, 3.63) is 35.9 Å². The molecule has 0 unspecified atom stereocenters. The molecule has 1 rings (SSSR count). The molecule has 0 aliphatic heterocycles. The molecular formula is C11H14BrF. The molecule has 1 atom stereocenters. The van der Waals surface area contributed by atoms with E-state index in [1.165, 1.54) is 5.56 Å². The first-order valence-electron chi connectivity index (χ1n) is 4.61. The van der Waals surface area contributed by atoms with Crippen molar-refractivity contribution in [2.45, 2.75) is 30.8 Å². The van der Waals surface area contributed by atoms with Crippen molar-refractivity contribution in [2.75, 3.05) is 0 Å². The summed E-state index contributed by atoms with van der Waals surface area (Å²) in [7, 11) is 0. The fraction of sp³-hybridized carbons (Fsp3) is 0.455. The number of rotatable bonds is 5. The van der Waals surface area contributed by atoms with E-state index in [4.69, 9.17) is 0 Å². The van der Waals surface area contributed by atoms with Gasteiger partial charge < -0.3 is 0 Å². The lowest BCUT2D eigenvalue weighted by Crippen LogP contribution is -1.90. The van der Waals surface area contributed by atoms with Gasteiger partial charge in [0.15, 0.2) is 5.08 Å². The summed E-state index contributed by atoms with van der Waals surface area (Å²) >= 11 is 2.89. The maximum atomic E-state index is 12.3. The van der Waals surface area contributed by atoms with E-state index in [1.54, 1.807) is 0 Å². The van der Waals surface area contributed by atoms with Gasteiger partial charge in [0.2, 0.25) is 0 Å². The van der Waals surface area contributed by atoms with Crippen LogP contribution in [0.5, 0.6) is 0 Å². The highest BCUT2D eigenvalue weighted by molar-refractivity contribution is 9.09. The van der Waals surface area contributed by atoms with Crippen LogP contribution in [0.1, 0.15) is 24.8 Å². The number of hydrogen-bond donors (Lipinski definition) is 0. The normalized spacial score (nSPS) is 12.8. The predicted octanol–water partition coefficient (Wildman–Crippen LogP) is 4.09. The number of benzene rings is 1. The summed E-state index contributed by atoms with van der Waals surface area (Å²) < 4.78 is 12.3. The van der Waals surface area contributed by atoms with E-state index in [-0.39, 0.29) is 0 Å². The Kier molecular flexibility index (Phi) is 5.06. The zero-order valence-corrected chi connectivity index (χ0v) is 9.13. The highest BCUT2D eigenvalue weighted by atomic mass is 79.9. The third-order valence-electron chi connectivity index (χ3n) is 1.98. The summed E-state index contributed by atoms with van der Waals surface area (Å²) in [5, 5.41) is -0.830. The SMILES string of the molecule is F[C@H](Br)CCCCc1ccccc1. The number of halogens is 2. The third-order valence-corrected chi connectivity index (χ3v) is 2.44. The van der Waals surface area contributed by atoms with Gasteiger partial charge in [0.1, 0.15) is 0 Å². The summed E-state index contributed by atoms with van der Waals surface area (Å²) in [5.41, 5.74) is 1.34. The van der Waals surface area contributed by atoms with Crippen LogP contribution in [0.3, 0.4) is 0 Å². The van der Waals surface area contributed by atoms with Crippen molar-refractivity contribution >= 4 is 15.9 Å². The maximum absolute atomic E-state index is 12.3. The molecule has 0 amide bonds. The lowest BCUT2D eigenvalue weighted by molar-refractivity contribution is 0.424. The lowest BCUT2D eigenvalue weighted by Gasteiger charge is -2.01. The first kappa shape index (κ1) is 10.7. The molecule has 2 heteroatoms. The second-order valence-electron chi connectivity index (χ2n) is 3.12. The Morgan fingerprint density at radius 3 is 2.46 bits per heavy atom. The third kappa shape index (κ3) is 5.04. The summed E-state index contributed by atoms with van der Waals surface area (Å²) in [6.45, 7) is 0. The average molecular weight is 245 g/mol. The molecule has 0 spiro atoms. The molecule has 0 saturated carbocycles. The van der Waals surface area contributed by atoms with Crippen LogP contribution < -0.4 is 0 Å². The highest BCUT2D eigenvalue weighted by Crippen LogP contribution is 2.12. The zero-order valence-electron chi connectivity index (χ0n) is 7.55. The van der Waals surface area contributed by atoms with E-state index in [2.05, 4.69) is 28.1 Å². The molecule has 13 heavy (non-hydrogen) atoms. The van der Waals surface area contributed by atoms with E-state index in [0.29, 0.717) is 6.42 Å². The molecule has 1 aromatic carbocycles. The quantitative estimate of drug-likeness (QED) is 0.541. The molecular weight excluding hydrogens is 231 g/mol. The molecule has 0 heterocycles. The predicted molar refractivity (Wildman–Crippen MR) is 57.8 cm³/mol. The number of aryl methyl sites for hydroxylation is 1. The van der Waals surface area contributed by atoms with Gasteiger partial charge >= 0.3 is 0 Å². The van der Waals surface area contributed by atoms with E-state index >= 15 is 0 Å². The summed E-state index contributed by atoms with van der Waals surface area (Å²) in [5.74, 6) is 0. The van der Waals surface area contributed by atoms with Crippen LogP contribution in [-0.4, -0.2) is 5.08 Å². The Balaban J connectivity index is 2.13. The average Bonchev–Trinajstić information content (AvgIpc) is 2.14. The van der Waals surface area contributed by atoms with Crippen molar-refractivity contribution in [1.29, 1.82) is 0 Å². The van der Waals surface area contributed by atoms with Gasteiger partial charge in [-0.2, -0.15) is 0 Å². The minimum absolute atomic E-state index is 0.618. The van der Waals surface area contributed by atoms with Crippen LogP contribution >= 0.6 is 15.9 Å². The molecule has 0 nitrogen and oxygen atoms in total. The molecule has 72 valence electrons. The number of unbranched alkanes of at least 4 members (excludes halogenated alkanes) is 1. The van der Waals surface area contributed by atoms with E-state index < -0.39 is 5.08 Å². The number of hydrogen-bond acceptors (Lipinski definition) is 0. The van der Waals surface area contributed by atoms with Gasteiger partial charge in [0.25, 0.3) is 0 Å². The summed E-state index contributed by atoms with van der Waals surface area (Å²) in [4.78, 5) is 0. The summed E-state index contributed by atoms with van der Waals surface area (Å²) in [6, 6.07) is 10.3. The monoisotopic (exact) mass is 244 g/mol. The van der Waals surface area contributed by atoms with Crippen LogP contribution in [0.2, 0.25) is 0 Å².